The molecule has 0 radical (unpaired) electrons. The molecule has 2 atom stereocenters. The number of aryl methyl sites for hydroxylation is 1. The number of hydrogen-bond acceptors (Lipinski definition) is 4. The van der Waals surface area contributed by atoms with E-state index in [2.05, 4.69) is 47.8 Å². The SMILES string of the molecule is C=C1C(=CC(=NC)OCc2ccc(C)c(-c3ccnc(OC)c3)c2)CC2CC12. The number of aromatic nitrogens is 1. The smallest absolute Gasteiger partial charge is 0.213 e. The Balaban J connectivity index is 1.49. The van der Waals surface area contributed by atoms with Crippen molar-refractivity contribution in [3.63, 3.8) is 0 Å². The van der Waals surface area contributed by atoms with Gasteiger partial charge >= 0.3 is 0 Å². The maximum Gasteiger partial charge on any atom is 0.213 e. The van der Waals surface area contributed by atoms with Crippen molar-refractivity contribution in [2.75, 3.05) is 14.2 Å². The van der Waals surface area contributed by atoms with Crippen molar-refractivity contribution in [1.29, 1.82) is 0 Å². The number of aliphatic imine (C=N–C) groups is 1. The first-order valence-corrected chi connectivity index (χ1v) is 9.68. The number of pyridine rings is 1. The van der Waals surface area contributed by atoms with Gasteiger partial charge in [-0.3, -0.25) is 4.99 Å². The van der Waals surface area contributed by atoms with Gasteiger partial charge in [-0.25, -0.2) is 4.98 Å². The predicted molar refractivity (Wildman–Crippen MR) is 113 cm³/mol. The number of hydrogen-bond donors (Lipinski definition) is 0. The van der Waals surface area contributed by atoms with Crippen LogP contribution in [0.2, 0.25) is 0 Å². The lowest BCUT2D eigenvalue weighted by molar-refractivity contribution is 0.294. The zero-order valence-corrected chi connectivity index (χ0v) is 16.7. The van der Waals surface area contributed by atoms with Gasteiger partial charge in [-0.15, -0.1) is 0 Å². The molecule has 1 aromatic carbocycles. The van der Waals surface area contributed by atoms with Crippen LogP contribution < -0.4 is 4.74 Å². The van der Waals surface area contributed by atoms with Crippen LogP contribution in [0.5, 0.6) is 5.88 Å². The van der Waals surface area contributed by atoms with E-state index >= 15 is 0 Å². The highest BCUT2D eigenvalue weighted by Gasteiger charge is 2.46. The number of fused-ring (bicyclic) bond motifs is 1. The van der Waals surface area contributed by atoms with Gasteiger partial charge in [-0.1, -0.05) is 18.7 Å². The van der Waals surface area contributed by atoms with Crippen molar-refractivity contribution in [2.24, 2.45) is 16.8 Å². The lowest BCUT2D eigenvalue weighted by atomic mass is 9.99. The van der Waals surface area contributed by atoms with Gasteiger partial charge in [-0.2, -0.15) is 0 Å². The molecule has 2 fully saturated rings. The molecule has 28 heavy (non-hydrogen) atoms. The first-order chi connectivity index (χ1) is 13.6. The number of rotatable bonds is 5. The lowest BCUT2D eigenvalue weighted by Crippen LogP contribution is -2.04. The highest BCUT2D eigenvalue weighted by atomic mass is 16.5. The molecular weight excluding hydrogens is 348 g/mol. The quantitative estimate of drug-likeness (QED) is 0.538. The Morgan fingerprint density at radius 2 is 2.18 bits per heavy atom. The summed E-state index contributed by atoms with van der Waals surface area (Å²) in [5.41, 5.74) is 7.11. The monoisotopic (exact) mass is 374 g/mol. The number of benzene rings is 1. The molecule has 0 spiro atoms. The van der Waals surface area contributed by atoms with Crippen LogP contribution in [0, 0.1) is 18.8 Å². The first-order valence-electron chi connectivity index (χ1n) is 9.68. The number of allylic oxidation sites excluding steroid dienone is 2. The lowest BCUT2D eigenvalue weighted by Gasteiger charge is -2.12. The van der Waals surface area contributed by atoms with Gasteiger partial charge in [0.2, 0.25) is 11.8 Å². The van der Waals surface area contributed by atoms with Crippen LogP contribution >= 0.6 is 0 Å². The number of nitrogens with zero attached hydrogens (tertiary/aromatic N) is 2. The van der Waals surface area contributed by atoms with E-state index in [1.165, 1.54) is 23.1 Å². The molecular formula is C24H26N2O2. The average Bonchev–Trinajstić information content (AvgIpc) is 3.43. The zero-order valence-electron chi connectivity index (χ0n) is 16.7. The van der Waals surface area contributed by atoms with Crippen LogP contribution in [0.3, 0.4) is 0 Å². The minimum absolute atomic E-state index is 0.477. The molecule has 2 aromatic rings. The molecule has 2 aliphatic rings. The summed E-state index contributed by atoms with van der Waals surface area (Å²) in [6.45, 7) is 6.82. The van der Waals surface area contributed by atoms with Crippen molar-refractivity contribution in [3.8, 4) is 17.0 Å². The summed E-state index contributed by atoms with van der Waals surface area (Å²) >= 11 is 0. The Kier molecular flexibility index (Phi) is 5.03. The van der Waals surface area contributed by atoms with E-state index in [1.807, 2.05) is 12.1 Å². The molecule has 2 aliphatic carbocycles. The molecule has 0 N–H and O–H groups in total. The largest absolute Gasteiger partial charge is 0.481 e. The Bertz CT molecular complexity index is 974. The molecule has 4 rings (SSSR count). The third-order valence-electron chi connectivity index (χ3n) is 5.73. The summed E-state index contributed by atoms with van der Waals surface area (Å²) < 4.78 is 11.3. The van der Waals surface area contributed by atoms with E-state index in [4.69, 9.17) is 9.47 Å². The fourth-order valence-electron chi connectivity index (χ4n) is 3.94. The van der Waals surface area contributed by atoms with Crippen molar-refractivity contribution >= 4 is 5.90 Å². The molecule has 2 unspecified atom stereocenters. The highest BCUT2D eigenvalue weighted by molar-refractivity contribution is 5.89. The Morgan fingerprint density at radius 3 is 2.89 bits per heavy atom. The van der Waals surface area contributed by atoms with E-state index in [-0.39, 0.29) is 0 Å². The van der Waals surface area contributed by atoms with Crippen LogP contribution in [0.4, 0.5) is 0 Å². The minimum Gasteiger partial charge on any atom is -0.481 e. The van der Waals surface area contributed by atoms with Gasteiger partial charge < -0.3 is 9.47 Å². The topological polar surface area (TPSA) is 43.7 Å². The van der Waals surface area contributed by atoms with Crippen molar-refractivity contribution in [1.82, 2.24) is 4.98 Å². The van der Waals surface area contributed by atoms with Crippen molar-refractivity contribution in [2.45, 2.75) is 26.4 Å². The molecule has 1 aromatic heterocycles. The Morgan fingerprint density at radius 1 is 1.32 bits per heavy atom. The third-order valence-corrected chi connectivity index (χ3v) is 5.73. The van der Waals surface area contributed by atoms with Gasteiger partial charge in [0.15, 0.2) is 0 Å². The van der Waals surface area contributed by atoms with Gasteiger partial charge in [0, 0.05) is 25.4 Å². The average molecular weight is 374 g/mol. The fraction of sp³-hybridized carbons (Fsp3) is 0.333. The summed E-state index contributed by atoms with van der Waals surface area (Å²) in [7, 11) is 3.40. The van der Waals surface area contributed by atoms with Crippen LogP contribution in [-0.4, -0.2) is 25.0 Å². The molecule has 4 nitrogen and oxygen atoms in total. The molecule has 4 heteroatoms. The Labute approximate surface area is 166 Å². The molecule has 0 amide bonds. The maximum absolute atomic E-state index is 6.01. The van der Waals surface area contributed by atoms with Crippen LogP contribution in [0.1, 0.15) is 24.0 Å². The fourth-order valence-corrected chi connectivity index (χ4v) is 3.94. The molecule has 1 heterocycles. The standard InChI is InChI=1S/C24H26N2O2/c1-15-5-6-17(9-21(15)18-7-8-26-24(12-18)27-4)14-28-23(25-3)13-19-10-20-11-22(20)16(19)2/h5-9,12-13,20,22H,2,10-11,14H2,1,3-4H3. The van der Waals surface area contributed by atoms with Crippen molar-refractivity contribution in [3.05, 3.63) is 71.5 Å². The van der Waals surface area contributed by atoms with E-state index in [0.717, 1.165) is 29.0 Å². The Hall–Kier alpha value is -2.88. The summed E-state index contributed by atoms with van der Waals surface area (Å²) in [6.07, 6.45) is 6.26. The summed E-state index contributed by atoms with van der Waals surface area (Å²) in [4.78, 5) is 8.51. The van der Waals surface area contributed by atoms with Gasteiger partial charge in [-0.05, 0) is 77.1 Å². The van der Waals surface area contributed by atoms with E-state index < -0.39 is 0 Å². The van der Waals surface area contributed by atoms with E-state index in [9.17, 15) is 0 Å². The summed E-state index contributed by atoms with van der Waals surface area (Å²) in [5.74, 6) is 2.81. The van der Waals surface area contributed by atoms with Gasteiger partial charge in [0.05, 0.1) is 7.11 Å². The summed E-state index contributed by atoms with van der Waals surface area (Å²) in [6, 6.07) is 10.3. The second-order valence-corrected chi connectivity index (χ2v) is 7.59. The second kappa shape index (κ2) is 7.63. The summed E-state index contributed by atoms with van der Waals surface area (Å²) in [5, 5.41) is 0. The van der Waals surface area contributed by atoms with Gasteiger partial charge in [0.1, 0.15) is 6.61 Å². The predicted octanol–water partition coefficient (Wildman–Crippen LogP) is 5.13. The molecule has 144 valence electrons. The van der Waals surface area contributed by atoms with Crippen LogP contribution in [-0.2, 0) is 11.3 Å². The molecule has 0 aliphatic heterocycles. The van der Waals surface area contributed by atoms with E-state index in [0.29, 0.717) is 24.3 Å². The van der Waals surface area contributed by atoms with Crippen LogP contribution in [0.15, 0.2) is 65.3 Å². The number of ether oxygens (including phenoxy) is 2. The van der Waals surface area contributed by atoms with Crippen LogP contribution in [0.25, 0.3) is 11.1 Å². The zero-order chi connectivity index (χ0) is 19.7. The van der Waals surface area contributed by atoms with Crippen molar-refractivity contribution < 1.29 is 9.47 Å². The van der Waals surface area contributed by atoms with Gasteiger partial charge in [0.25, 0.3) is 0 Å². The third kappa shape index (κ3) is 3.72. The molecule has 0 bridgehead atoms. The maximum atomic E-state index is 6.01. The highest BCUT2D eigenvalue weighted by Crippen LogP contribution is 2.56. The first kappa shape index (κ1) is 18.5. The normalized spacial score (nSPS) is 22.3. The molecule has 0 saturated heterocycles. The number of methoxy groups -OCH3 is 1. The molecule has 2 saturated carbocycles. The second-order valence-electron chi connectivity index (χ2n) is 7.59. The van der Waals surface area contributed by atoms with E-state index in [1.54, 1.807) is 20.4 Å². The minimum atomic E-state index is 0.477.